The standard InChI is InChI=1S/C12H11NO3/c1-7-9-5-3-4-6-10(9)11(15)12(13-7)16-8(2)14/h3-6,15H,1-2H3. The normalized spacial score (nSPS) is 10.4. The van der Waals surface area contributed by atoms with E-state index in [1.807, 2.05) is 12.1 Å². The maximum absolute atomic E-state index is 10.8. The molecule has 1 aromatic carbocycles. The van der Waals surface area contributed by atoms with Crippen molar-refractivity contribution in [2.75, 3.05) is 0 Å². The number of carbonyl (C=O) groups excluding carboxylic acids is 1. The molecule has 0 saturated heterocycles. The molecule has 1 heterocycles. The smallest absolute Gasteiger partial charge is 0.309 e. The van der Waals surface area contributed by atoms with Crippen molar-refractivity contribution in [1.29, 1.82) is 0 Å². The summed E-state index contributed by atoms with van der Waals surface area (Å²) in [5.41, 5.74) is 0.713. The number of carbonyl (C=O) groups is 1. The van der Waals surface area contributed by atoms with Gasteiger partial charge in [-0.25, -0.2) is 4.98 Å². The molecule has 0 aliphatic rings. The van der Waals surface area contributed by atoms with Gasteiger partial charge in [-0.15, -0.1) is 0 Å². The molecule has 0 aliphatic carbocycles. The first-order valence-electron chi connectivity index (χ1n) is 4.86. The average Bonchev–Trinajstić information content (AvgIpc) is 2.25. The van der Waals surface area contributed by atoms with Crippen LogP contribution in [0.4, 0.5) is 0 Å². The van der Waals surface area contributed by atoms with Gasteiger partial charge in [0.15, 0.2) is 5.75 Å². The Hall–Kier alpha value is -2.10. The first-order valence-corrected chi connectivity index (χ1v) is 4.86. The number of pyridine rings is 1. The Labute approximate surface area is 92.5 Å². The number of hydrogen-bond acceptors (Lipinski definition) is 4. The van der Waals surface area contributed by atoms with E-state index in [0.717, 1.165) is 5.39 Å². The quantitative estimate of drug-likeness (QED) is 0.744. The lowest BCUT2D eigenvalue weighted by molar-refractivity contribution is -0.132. The van der Waals surface area contributed by atoms with E-state index in [1.54, 1.807) is 19.1 Å². The third-order valence-electron chi connectivity index (χ3n) is 2.28. The molecule has 0 aliphatic heterocycles. The second kappa shape index (κ2) is 3.81. The molecule has 0 saturated carbocycles. The highest BCUT2D eigenvalue weighted by Crippen LogP contribution is 2.33. The van der Waals surface area contributed by atoms with Crippen LogP contribution in [0, 0.1) is 6.92 Å². The van der Waals surface area contributed by atoms with Gasteiger partial charge in [-0.2, -0.15) is 0 Å². The molecule has 4 heteroatoms. The van der Waals surface area contributed by atoms with Gasteiger partial charge >= 0.3 is 5.97 Å². The van der Waals surface area contributed by atoms with Crippen LogP contribution in [0.5, 0.6) is 11.6 Å². The summed E-state index contributed by atoms with van der Waals surface area (Å²) >= 11 is 0. The van der Waals surface area contributed by atoms with Crippen molar-refractivity contribution in [3.63, 3.8) is 0 Å². The third-order valence-corrected chi connectivity index (χ3v) is 2.28. The third kappa shape index (κ3) is 1.69. The van der Waals surface area contributed by atoms with Gasteiger partial charge in [0.25, 0.3) is 5.88 Å². The number of hydrogen-bond donors (Lipinski definition) is 1. The number of aryl methyl sites for hydroxylation is 1. The van der Waals surface area contributed by atoms with Crippen LogP contribution in [0.1, 0.15) is 12.6 Å². The zero-order valence-corrected chi connectivity index (χ0v) is 9.02. The van der Waals surface area contributed by atoms with Crippen LogP contribution < -0.4 is 4.74 Å². The van der Waals surface area contributed by atoms with Gasteiger partial charge in [-0.1, -0.05) is 24.3 Å². The molecule has 0 radical (unpaired) electrons. The molecular formula is C12H11NO3. The highest BCUT2D eigenvalue weighted by atomic mass is 16.5. The summed E-state index contributed by atoms with van der Waals surface area (Å²) < 4.78 is 4.83. The van der Waals surface area contributed by atoms with Crippen molar-refractivity contribution >= 4 is 16.7 Å². The van der Waals surface area contributed by atoms with E-state index < -0.39 is 5.97 Å². The average molecular weight is 217 g/mol. The number of nitrogens with zero attached hydrogens (tertiary/aromatic N) is 1. The number of rotatable bonds is 1. The fourth-order valence-corrected chi connectivity index (χ4v) is 1.59. The first-order chi connectivity index (χ1) is 7.59. The minimum atomic E-state index is -0.502. The molecule has 82 valence electrons. The molecule has 1 aromatic heterocycles. The highest BCUT2D eigenvalue weighted by molar-refractivity contribution is 5.91. The number of ether oxygens (including phenoxy) is 1. The number of aromatic hydroxyl groups is 1. The van der Waals surface area contributed by atoms with Crippen LogP contribution in [-0.2, 0) is 4.79 Å². The summed E-state index contributed by atoms with van der Waals surface area (Å²) in [5, 5.41) is 11.4. The van der Waals surface area contributed by atoms with Gasteiger partial charge in [-0.05, 0) is 6.92 Å². The topological polar surface area (TPSA) is 59.4 Å². The maximum atomic E-state index is 10.8. The van der Waals surface area contributed by atoms with Crippen LogP contribution in [0.15, 0.2) is 24.3 Å². The number of fused-ring (bicyclic) bond motifs is 1. The molecular weight excluding hydrogens is 206 g/mol. The zero-order chi connectivity index (χ0) is 11.7. The second-order valence-corrected chi connectivity index (χ2v) is 3.49. The van der Waals surface area contributed by atoms with Crippen molar-refractivity contribution in [2.45, 2.75) is 13.8 Å². The number of benzene rings is 1. The minimum Gasteiger partial charge on any atom is -0.503 e. The summed E-state index contributed by atoms with van der Waals surface area (Å²) in [6, 6.07) is 7.28. The van der Waals surface area contributed by atoms with Gasteiger partial charge in [0, 0.05) is 23.4 Å². The molecule has 0 unspecified atom stereocenters. The Kier molecular flexibility index (Phi) is 2.48. The van der Waals surface area contributed by atoms with Crippen LogP contribution in [0.2, 0.25) is 0 Å². The molecule has 4 nitrogen and oxygen atoms in total. The SMILES string of the molecule is CC(=O)Oc1nc(C)c2ccccc2c1O. The first kappa shape index (κ1) is 10.4. The lowest BCUT2D eigenvalue weighted by atomic mass is 10.1. The monoisotopic (exact) mass is 217 g/mol. The molecule has 0 spiro atoms. The molecule has 2 rings (SSSR count). The van der Waals surface area contributed by atoms with Gasteiger partial charge in [0.05, 0.1) is 0 Å². The van der Waals surface area contributed by atoms with Gasteiger partial charge in [0.1, 0.15) is 0 Å². The fraction of sp³-hybridized carbons (Fsp3) is 0.167. The van der Waals surface area contributed by atoms with E-state index in [0.29, 0.717) is 11.1 Å². The number of esters is 1. The summed E-state index contributed by atoms with van der Waals surface area (Å²) in [4.78, 5) is 14.9. The van der Waals surface area contributed by atoms with Crippen molar-refractivity contribution in [3.8, 4) is 11.6 Å². The molecule has 1 N–H and O–H groups in total. The Morgan fingerprint density at radius 3 is 2.56 bits per heavy atom. The van der Waals surface area contributed by atoms with Crippen LogP contribution in [0.25, 0.3) is 10.8 Å². The van der Waals surface area contributed by atoms with Gasteiger partial charge < -0.3 is 9.84 Å². The Balaban J connectivity index is 2.70. The van der Waals surface area contributed by atoms with Crippen molar-refractivity contribution in [2.24, 2.45) is 0 Å². The fourth-order valence-electron chi connectivity index (χ4n) is 1.59. The zero-order valence-electron chi connectivity index (χ0n) is 9.02. The summed E-state index contributed by atoms with van der Waals surface area (Å²) in [5.74, 6) is -0.641. The Bertz CT molecular complexity index is 563. The van der Waals surface area contributed by atoms with Crippen molar-refractivity contribution in [1.82, 2.24) is 4.98 Å². The lowest BCUT2D eigenvalue weighted by Gasteiger charge is -2.08. The van der Waals surface area contributed by atoms with Crippen molar-refractivity contribution in [3.05, 3.63) is 30.0 Å². The molecule has 0 fully saturated rings. The van der Waals surface area contributed by atoms with Gasteiger partial charge in [-0.3, -0.25) is 4.79 Å². The van der Waals surface area contributed by atoms with E-state index in [1.165, 1.54) is 6.92 Å². The maximum Gasteiger partial charge on any atom is 0.309 e. The van der Waals surface area contributed by atoms with Crippen molar-refractivity contribution < 1.29 is 14.6 Å². The molecule has 0 bridgehead atoms. The van der Waals surface area contributed by atoms with E-state index in [4.69, 9.17) is 4.74 Å². The predicted molar refractivity (Wildman–Crippen MR) is 59.5 cm³/mol. The highest BCUT2D eigenvalue weighted by Gasteiger charge is 2.13. The number of aromatic nitrogens is 1. The molecule has 16 heavy (non-hydrogen) atoms. The van der Waals surface area contributed by atoms with E-state index in [2.05, 4.69) is 4.98 Å². The Morgan fingerprint density at radius 1 is 1.31 bits per heavy atom. The van der Waals surface area contributed by atoms with E-state index in [9.17, 15) is 9.90 Å². The largest absolute Gasteiger partial charge is 0.503 e. The summed E-state index contributed by atoms with van der Waals surface area (Å²) in [6.07, 6.45) is 0. The Morgan fingerprint density at radius 2 is 1.94 bits per heavy atom. The lowest BCUT2D eigenvalue weighted by Crippen LogP contribution is -2.04. The van der Waals surface area contributed by atoms with E-state index >= 15 is 0 Å². The predicted octanol–water partition coefficient (Wildman–Crippen LogP) is 2.17. The van der Waals surface area contributed by atoms with Crippen LogP contribution >= 0.6 is 0 Å². The second-order valence-electron chi connectivity index (χ2n) is 3.49. The van der Waals surface area contributed by atoms with Crippen LogP contribution in [0.3, 0.4) is 0 Å². The molecule has 2 aromatic rings. The summed E-state index contributed by atoms with van der Waals surface area (Å²) in [6.45, 7) is 3.07. The summed E-state index contributed by atoms with van der Waals surface area (Å²) in [7, 11) is 0. The minimum absolute atomic E-state index is 0.0382. The molecule has 0 amide bonds. The van der Waals surface area contributed by atoms with E-state index in [-0.39, 0.29) is 11.6 Å². The molecule has 0 atom stereocenters. The van der Waals surface area contributed by atoms with Crippen LogP contribution in [-0.4, -0.2) is 16.1 Å². The van der Waals surface area contributed by atoms with Gasteiger partial charge in [0.2, 0.25) is 0 Å².